The first-order valence-electron chi connectivity index (χ1n) is 5.30. The molecule has 0 saturated carbocycles. The van der Waals surface area contributed by atoms with Crippen LogP contribution in [0.4, 0.5) is 0 Å². The minimum atomic E-state index is 0.434. The molecule has 0 aliphatic heterocycles. The van der Waals surface area contributed by atoms with Crippen molar-refractivity contribution in [2.75, 3.05) is 6.61 Å². The van der Waals surface area contributed by atoms with E-state index in [1.165, 1.54) is 12.8 Å². The summed E-state index contributed by atoms with van der Waals surface area (Å²) < 4.78 is 5.54. The van der Waals surface area contributed by atoms with E-state index in [2.05, 4.69) is 18.8 Å². The molecule has 0 amide bonds. The maximum atomic E-state index is 10.4. The van der Waals surface area contributed by atoms with Gasteiger partial charge in [0.1, 0.15) is 11.4 Å². The van der Waals surface area contributed by atoms with Gasteiger partial charge in [-0.15, -0.1) is 0 Å². The summed E-state index contributed by atoms with van der Waals surface area (Å²) in [4.78, 5) is 14.3. The first kappa shape index (κ1) is 11.7. The van der Waals surface area contributed by atoms with Gasteiger partial charge in [0.05, 0.1) is 12.8 Å². The van der Waals surface area contributed by atoms with Crippen LogP contribution in [0.3, 0.4) is 0 Å². The van der Waals surface area contributed by atoms with E-state index in [4.69, 9.17) is 4.74 Å². The zero-order valence-corrected chi connectivity index (χ0v) is 9.27. The SMILES string of the molecule is CCCC(C)COc1ccc(C=O)nc1. The van der Waals surface area contributed by atoms with Crippen LogP contribution in [0.1, 0.15) is 37.2 Å². The van der Waals surface area contributed by atoms with Gasteiger partial charge in [0.25, 0.3) is 0 Å². The van der Waals surface area contributed by atoms with Crippen LogP contribution >= 0.6 is 0 Å². The fourth-order valence-corrected chi connectivity index (χ4v) is 1.36. The van der Waals surface area contributed by atoms with Crippen LogP contribution in [0.2, 0.25) is 0 Å². The van der Waals surface area contributed by atoms with E-state index < -0.39 is 0 Å². The highest BCUT2D eigenvalue weighted by Gasteiger charge is 2.02. The van der Waals surface area contributed by atoms with Gasteiger partial charge < -0.3 is 4.74 Å². The average Bonchev–Trinajstić information content (AvgIpc) is 2.27. The summed E-state index contributed by atoms with van der Waals surface area (Å²) in [5.74, 6) is 1.28. The van der Waals surface area contributed by atoms with Gasteiger partial charge in [-0.25, -0.2) is 4.98 Å². The molecule has 1 unspecified atom stereocenters. The molecular weight excluding hydrogens is 190 g/mol. The van der Waals surface area contributed by atoms with Gasteiger partial charge in [-0.1, -0.05) is 20.3 Å². The Kier molecular flexibility index (Phi) is 4.81. The molecule has 0 spiro atoms. The van der Waals surface area contributed by atoms with E-state index in [1.807, 2.05) is 0 Å². The Morgan fingerprint density at radius 2 is 2.33 bits per heavy atom. The molecule has 0 bridgehead atoms. The molecule has 82 valence electrons. The van der Waals surface area contributed by atoms with Crippen LogP contribution in [-0.2, 0) is 0 Å². The first-order chi connectivity index (χ1) is 7.26. The Labute approximate surface area is 90.5 Å². The molecule has 1 heterocycles. The van der Waals surface area contributed by atoms with Crippen LogP contribution in [0.15, 0.2) is 18.3 Å². The predicted molar refractivity (Wildman–Crippen MR) is 59.2 cm³/mol. The van der Waals surface area contributed by atoms with Gasteiger partial charge in [-0.2, -0.15) is 0 Å². The summed E-state index contributed by atoms with van der Waals surface area (Å²) in [5.41, 5.74) is 0.434. The molecule has 1 rings (SSSR count). The number of carbonyl (C=O) groups is 1. The first-order valence-corrected chi connectivity index (χ1v) is 5.30. The van der Waals surface area contributed by atoms with E-state index >= 15 is 0 Å². The molecule has 0 N–H and O–H groups in total. The van der Waals surface area contributed by atoms with Gasteiger partial charge in [-0.05, 0) is 24.5 Å². The molecule has 0 aromatic carbocycles. The minimum absolute atomic E-state index is 0.434. The molecule has 0 aliphatic rings. The van der Waals surface area contributed by atoms with Crippen molar-refractivity contribution in [2.45, 2.75) is 26.7 Å². The number of hydrogen-bond acceptors (Lipinski definition) is 3. The maximum absolute atomic E-state index is 10.4. The quantitative estimate of drug-likeness (QED) is 0.673. The highest BCUT2D eigenvalue weighted by molar-refractivity contribution is 5.71. The summed E-state index contributed by atoms with van der Waals surface area (Å²) >= 11 is 0. The predicted octanol–water partition coefficient (Wildman–Crippen LogP) is 2.71. The summed E-state index contributed by atoms with van der Waals surface area (Å²) in [7, 11) is 0. The topological polar surface area (TPSA) is 39.2 Å². The largest absolute Gasteiger partial charge is 0.492 e. The number of pyridine rings is 1. The molecule has 3 nitrogen and oxygen atoms in total. The fourth-order valence-electron chi connectivity index (χ4n) is 1.36. The second-order valence-electron chi connectivity index (χ2n) is 3.74. The highest BCUT2D eigenvalue weighted by atomic mass is 16.5. The summed E-state index contributed by atoms with van der Waals surface area (Å²) in [5, 5.41) is 0. The highest BCUT2D eigenvalue weighted by Crippen LogP contribution is 2.12. The Morgan fingerprint density at radius 1 is 1.53 bits per heavy atom. The van der Waals surface area contributed by atoms with E-state index in [0.29, 0.717) is 18.2 Å². The van der Waals surface area contributed by atoms with Gasteiger partial charge in [-0.3, -0.25) is 4.79 Å². The lowest BCUT2D eigenvalue weighted by atomic mass is 10.1. The third-order valence-electron chi connectivity index (χ3n) is 2.20. The molecule has 3 heteroatoms. The van der Waals surface area contributed by atoms with Crippen molar-refractivity contribution < 1.29 is 9.53 Å². The molecule has 15 heavy (non-hydrogen) atoms. The van der Waals surface area contributed by atoms with Crippen molar-refractivity contribution in [1.29, 1.82) is 0 Å². The number of aromatic nitrogens is 1. The standard InChI is InChI=1S/C12H17NO2/c1-3-4-10(2)9-15-12-6-5-11(8-14)13-7-12/h5-8,10H,3-4,9H2,1-2H3. The smallest absolute Gasteiger partial charge is 0.168 e. The second kappa shape index (κ2) is 6.17. The lowest BCUT2D eigenvalue weighted by Gasteiger charge is -2.11. The summed E-state index contributed by atoms with van der Waals surface area (Å²) in [6, 6.07) is 3.43. The van der Waals surface area contributed by atoms with Crippen LogP contribution in [0.25, 0.3) is 0 Å². The number of nitrogens with zero attached hydrogens (tertiary/aromatic N) is 1. The van der Waals surface area contributed by atoms with E-state index in [1.54, 1.807) is 18.3 Å². The minimum Gasteiger partial charge on any atom is -0.492 e. The van der Waals surface area contributed by atoms with Crippen LogP contribution in [0.5, 0.6) is 5.75 Å². The van der Waals surface area contributed by atoms with Crippen LogP contribution < -0.4 is 4.74 Å². The van der Waals surface area contributed by atoms with Crippen LogP contribution in [-0.4, -0.2) is 17.9 Å². The van der Waals surface area contributed by atoms with Gasteiger partial charge in [0, 0.05) is 0 Å². The van der Waals surface area contributed by atoms with Gasteiger partial charge in [0.2, 0.25) is 0 Å². The van der Waals surface area contributed by atoms with E-state index in [0.717, 1.165) is 12.0 Å². The zero-order valence-electron chi connectivity index (χ0n) is 9.27. The number of carbonyl (C=O) groups excluding carboxylic acids is 1. The number of ether oxygens (including phenoxy) is 1. The van der Waals surface area contributed by atoms with Crippen LogP contribution in [0, 0.1) is 5.92 Å². The second-order valence-corrected chi connectivity index (χ2v) is 3.74. The fraction of sp³-hybridized carbons (Fsp3) is 0.500. The van der Waals surface area contributed by atoms with Crippen molar-refractivity contribution in [3.05, 3.63) is 24.0 Å². The Morgan fingerprint density at radius 3 is 2.87 bits per heavy atom. The number of hydrogen-bond donors (Lipinski definition) is 0. The monoisotopic (exact) mass is 207 g/mol. The number of rotatable bonds is 6. The zero-order chi connectivity index (χ0) is 11.1. The molecule has 0 saturated heterocycles. The lowest BCUT2D eigenvalue weighted by molar-refractivity contribution is 0.111. The summed E-state index contributed by atoms with van der Waals surface area (Å²) in [6.45, 7) is 5.03. The molecular formula is C12H17NO2. The number of aldehydes is 1. The average molecular weight is 207 g/mol. The molecule has 0 radical (unpaired) electrons. The molecule has 1 aromatic heterocycles. The molecule has 1 aromatic rings. The van der Waals surface area contributed by atoms with Crippen molar-refractivity contribution >= 4 is 6.29 Å². The van der Waals surface area contributed by atoms with E-state index in [9.17, 15) is 4.79 Å². The Bertz CT molecular complexity index is 295. The summed E-state index contributed by atoms with van der Waals surface area (Å²) in [6.07, 6.45) is 4.65. The molecule has 0 fully saturated rings. The van der Waals surface area contributed by atoms with Gasteiger partial charge in [0.15, 0.2) is 6.29 Å². The van der Waals surface area contributed by atoms with Gasteiger partial charge >= 0.3 is 0 Å². The Hall–Kier alpha value is -1.38. The molecule has 1 atom stereocenters. The van der Waals surface area contributed by atoms with Crippen molar-refractivity contribution in [2.24, 2.45) is 5.92 Å². The van der Waals surface area contributed by atoms with Crippen molar-refractivity contribution in [3.8, 4) is 5.75 Å². The third kappa shape index (κ3) is 4.11. The maximum Gasteiger partial charge on any atom is 0.168 e. The van der Waals surface area contributed by atoms with E-state index in [-0.39, 0.29) is 0 Å². The van der Waals surface area contributed by atoms with Crippen molar-refractivity contribution in [1.82, 2.24) is 4.98 Å². The van der Waals surface area contributed by atoms with Crippen molar-refractivity contribution in [3.63, 3.8) is 0 Å². The lowest BCUT2D eigenvalue weighted by Crippen LogP contribution is -2.08. The normalized spacial score (nSPS) is 12.1. The Balaban J connectivity index is 2.40. The molecule has 0 aliphatic carbocycles. The third-order valence-corrected chi connectivity index (χ3v) is 2.20.